The van der Waals surface area contributed by atoms with Crippen LogP contribution in [0.5, 0.6) is 0 Å². The number of halogens is 1. The van der Waals surface area contributed by atoms with E-state index in [1.54, 1.807) is 19.1 Å². The second kappa shape index (κ2) is 7.63. The number of nitrogens with one attached hydrogen (secondary N) is 1. The molecule has 1 aromatic rings. The Morgan fingerprint density at radius 2 is 2.16 bits per heavy atom. The number of amides is 1. The summed E-state index contributed by atoms with van der Waals surface area (Å²) in [6.07, 6.45) is 1.00. The van der Waals surface area contributed by atoms with E-state index >= 15 is 0 Å². The Hall–Kier alpha value is -1.75. The lowest BCUT2D eigenvalue weighted by Gasteiger charge is -2.09. The fourth-order valence-corrected chi connectivity index (χ4v) is 1.75. The van der Waals surface area contributed by atoms with Crippen molar-refractivity contribution < 1.29 is 14.3 Å². The zero-order valence-corrected chi connectivity index (χ0v) is 11.5. The first kappa shape index (κ1) is 15.3. The van der Waals surface area contributed by atoms with E-state index in [9.17, 15) is 9.59 Å². The molecule has 19 heavy (non-hydrogen) atoms. The van der Waals surface area contributed by atoms with E-state index in [4.69, 9.17) is 22.1 Å². The molecule has 0 spiro atoms. The van der Waals surface area contributed by atoms with E-state index in [1.165, 1.54) is 6.07 Å². The Morgan fingerprint density at radius 3 is 2.74 bits per heavy atom. The highest BCUT2D eigenvalue weighted by molar-refractivity contribution is 6.33. The van der Waals surface area contributed by atoms with Crippen molar-refractivity contribution in [2.75, 3.05) is 18.5 Å². The maximum atomic E-state index is 11.1. The molecule has 0 saturated heterocycles. The summed E-state index contributed by atoms with van der Waals surface area (Å²) in [5, 5.41) is 3.51. The van der Waals surface area contributed by atoms with E-state index in [0.717, 1.165) is 0 Å². The molecule has 5 nitrogen and oxygen atoms in total. The number of carbonyl (C=O) groups is 2. The van der Waals surface area contributed by atoms with Crippen LogP contribution >= 0.6 is 11.6 Å². The molecule has 0 unspecified atom stereocenters. The summed E-state index contributed by atoms with van der Waals surface area (Å²) in [5.74, 6) is -0.727. The molecule has 0 heterocycles. The van der Waals surface area contributed by atoms with Gasteiger partial charge in [-0.15, -0.1) is 0 Å². The number of carbonyl (C=O) groups excluding carboxylic acids is 2. The summed E-state index contributed by atoms with van der Waals surface area (Å²) in [6.45, 7) is 2.76. The monoisotopic (exact) mass is 284 g/mol. The summed E-state index contributed by atoms with van der Waals surface area (Å²) in [7, 11) is 0. The fraction of sp³-hybridized carbons (Fsp3) is 0.385. The average molecular weight is 285 g/mol. The Morgan fingerprint density at radius 1 is 1.42 bits per heavy atom. The Balaban J connectivity index is 2.41. The van der Waals surface area contributed by atoms with Crippen molar-refractivity contribution in [3.05, 3.63) is 28.8 Å². The molecule has 104 valence electrons. The molecule has 0 aliphatic carbocycles. The van der Waals surface area contributed by atoms with Gasteiger partial charge in [0.15, 0.2) is 0 Å². The van der Waals surface area contributed by atoms with Crippen LogP contribution in [-0.2, 0) is 9.53 Å². The van der Waals surface area contributed by atoms with E-state index in [-0.39, 0.29) is 5.97 Å². The molecule has 1 rings (SSSR count). The summed E-state index contributed by atoms with van der Waals surface area (Å²) < 4.78 is 4.82. The van der Waals surface area contributed by atoms with E-state index in [1.807, 2.05) is 0 Å². The Kier molecular flexibility index (Phi) is 6.15. The number of benzene rings is 1. The standard InChI is InChI=1S/C13H17ClN2O3/c1-2-19-12(17)4-3-7-16-11-6-5-9(13(15)18)8-10(11)14/h5-6,8,16H,2-4,7H2,1H3,(H2,15,18). The summed E-state index contributed by atoms with van der Waals surface area (Å²) in [6, 6.07) is 4.80. The minimum absolute atomic E-state index is 0.209. The van der Waals surface area contributed by atoms with Gasteiger partial charge in [0.1, 0.15) is 0 Å². The zero-order chi connectivity index (χ0) is 14.3. The van der Waals surface area contributed by atoms with Crippen LogP contribution in [0.15, 0.2) is 18.2 Å². The number of rotatable bonds is 7. The lowest BCUT2D eigenvalue weighted by Crippen LogP contribution is -2.11. The van der Waals surface area contributed by atoms with Crippen LogP contribution < -0.4 is 11.1 Å². The number of primary amides is 1. The van der Waals surface area contributed by atoms with Gasteiger partial charge in [0, 0.05) is 18.5 Å². The first-order valence-electron chi connectivity index (χ1n) is 6.03. The molecule has 0 saturated carbocycles. The first-order chi connectivity index (χ1) is 9.04. The van der Waals surface area contributed by atoms with Crippen LogP contribution in [0.2, 0.25) is 5.02 Å². The van der Waals surface area contributed by atoms with Crippen molar-refractivity contribution >= 4 is 29.2 Å². The predicted molar refractivity (Wildman–Crippen MR) is 74.3 cm³/mol. The lowest BCUT2D eigenvalue weighted by atomic mass is 10.2. The lowest BCUT2D eigenvalue weighted by molar-refractivity contribution is -0.143. The third kappa shape index (κ3) is 5.18. The summed E-state index contributed by atoms with van der Waals surface area (Å²) in [4.78, 5) is 22.1. The molecule has 1 amide bonds. The largest absolute Gasteiger partial charge is 0.466 e. The van der Waals surface area contributed by atoms with Crippen molar-refractivity contribution in [2.24, 2.45) is 5.73 Å². The van der Waals surface area contributed by atoms with Crippen LogP contribution in [-0.4, -0.2) is 25.0 Å². The SMILES string of the molecule is CCOC(=O)CCCNc1ccc(C(N)=O)cc1Cl. The average Bonchev–Trinajstić information content (AvgIpc) is 2.36. The van der Waals surface area contributed by atoms with Crippen molar-refractivity contribution in [1.29, 1.82) is 0 Å². The van der Waals surface area contributed by atoms with Crippen molar-refractivity contribution in [3.8, 4) is 0 Å². The quantitative estimate of drug-likeness (QED) is 0.594. The third-order valence-electron chi connectivity index (χ3n) is 2.43. The molecule has 0 fully saturated rings. The number of anilines is 1. The highest BCUT2D eigenvalue weighted by Crippen LogP contribution is 2.22. The second-order valence-corrected chi connectivity index (χ2v) is 4.30. The number of ether oxygens (including phenoxy) is 1. The fourth-order valence-electron chi connectivity index (χ4n) is 1.50. The maximum absolute atomic E-state index is 11.1. The normalized spacial score (nSPS) is 10.0. The van der Waals surface area contributed by atoms with E-state index < -0.39 is 5.91 Å². The molecular weight excluding hydrogens is 268 g/mol. The number of nitrogens with two attached hydrogens (primary N) is 1. The molecule has 0 radical (unpaired) electrons. The number of hydrogen-bond acceptors (Lipinski definition) is 4. The van der Waals surface area contributed by atoms with Gasteiger partial charge in [0.2, 0.25) is 5.91 Å². The van der Waals surface area contributed by atoms with Crippen molar-refractivity contribution in [3.63, 3.8) is 0 Å². The maximum Gasteiger partial charge on any atom is 0.305 e. The van der Waals surface area contributed by atoms with Gasteiger partial charge in [0.25, 0.3) is 0 Å². The molecule has 0 bridgehead atoms. The molecule has 0 atom stereocenters. The molecule has 0 aliphatic rings. The van der Waals surface area contributed by atoms with Gasteiger partial charge in [-0.3, -0.25) is 9.59 Å². The molecule has 3 N–H and O–H groups in total. The Labute approximate surface area is 117 Å². The minimum atomic E-state index is -0.518. The van der Waals surface area contributed by atoms with Gasteiger partial charge < -0.3 is 15.8 Å². The van der Waals surface area contributed by atoms with Gasteiger partial charge in [-0.2, -0.15) is 0 Å². The van der Waals surface area contributed by atoms with Gasteiger partial charge in [-0.1, -0.05) is 11.6 Å². The summed E-state index contributed by atoms with van der Waals surface area (Å²) >= 11 is 6.00. The Bertz CT molecular complexity index is 463. The zero-order valence-electron chi connectivity index (χ0n) is 10.7. The van der Waals surface area contributed by atoms with Gasteiger partial charge >= 0.3 is 5.97 Å². The van der Waals surface area contributed by atoms with Gasteiger partial charge in [-0.25, -0.2) is 0 Å². The van der Waals surface area contributed by atoms with Crippen molar-refractivity contribution in [2.45, 2.75) is 19.8 Å². The van der Waals surface area contributed by atoms with Gasteiger partial charge in [0.05, 0.1) is 17.3 Å². The highest BCUT2D eigenvalue weighted by Gasteiger charge is 2.06. The molecule has 0 aromatic heterocycles. The molecule has 6 heteroatoms. The molecule has 1 aromatic carbocycles. The van der Waals surface area contributed by atoms with E-state index in [2.05, 4.69) is 5.32 Å². The number of esters is 1. The minimum Gasteiger partial charge on any atom is -0.466 e. The van der Waals surface area contributed by atoms with Crippen LogP contribution in [0.4, 0.5) is 5.69 Å². The van der Waals surface area contributed by atoms with Crippen LogP contribution in [0.25, 0.3) is 0 Å². The topological polar surface area (TPSA) is 81.4 Å². The van der Waals surface area contributed by atoms with Crippen molar-refractivity contribution in [1.82, 2.24) is 0 Å². The van der Waals surface area contributed by atoms with Crippen LogP contribution in [0.3, 0.4) is 0 Å². The third-order valence-corrected chi connectivity index (χ3v) is 2.74. The first-order valence-corrected chi connectivity index (χ1v) is 6.41. The summed E-state index contributed by atoms with van der Waals surface area (Å²) in [5.41, 5.74) is 6.21. The second-order valence-electron chi connectivity index (χ2n) is 3.89. The molecular formula is C13H17ClN2O3. The molecule has 0 aliphatic heterocycles. The smallest absolute Gasteiger partial charge is 0.305 e. The van der Waals surface area contributed by atoms with Crippen LogP contribution in [0.1, 0.15) is 30.1 Å². The van der Waals surface area contributed by atoms with Crippen LogP contribution in [0, 0.1) is 0 Å². The number of hydrogen-bond donors (Lipinski definition) is 2. The van der Waals surface area contributed by atoms with E-state index in [0.29, 0.717) is 42.3 Å². The highest BCUT2D eigenvalue weighted by atomic mass is 35.5. The predicted octanol–water partition coefficient (Wildman–Crippen LogP) is 2.19. The van der Waals surface area contributed by atoms with Gasteiger partial charge in [-0.05, 0) is 31.5 Å².